The van der Waals surface area contributed by atoms with Gasteiger partial charge in [0.2, 0.25) is 0 Å². The van der Waals surface area contributed by atoms with Crippen molar-refractivity contribution in [3.63, 3.8) is 0 Å². The van der Waals surface area contributed by atoms with Crippen LogP contribution in [0.5, 0.6) is 0 Å². The number of fused-ring (bicyclic) bond motifs is 1. The fourth-order valence-corrected chi connectivity index (χ4v) is 4.02. The van der Waals surface area contributed by atoms with Crippen LogP contribution in [-0.4, -0.2) is 59.8 Å². The molecule has 1 aliphatic heterocycles. The van der Waals surface area contributed by atoms with Crippen LogP contribution in [0, 0.1) is 0 Å². The third kappa shape index (κ3) is 3.26. The zero-order valence-electron chi connectivity index (χ0n) is 14.1. The number of nitrogens with zero attached hydrogens (tertiary/aromatic N) is 3. The van der Waals surface area contributed by atoms with Crippen molar-refractivity contribution < 1.29 is 20.1 Å². The van der Waals surface area contributed by atoms with Crippen LogP contribution in [0.1, 0.15) is 11.8 Å². The Bertz CT molecular complexity index is 992. The molecule has 1 fully saturated rings. The largest absolute Gasteiger partial charge is 0.394 e. The van der Waals surface area contributed by atoms with E-state index in [9.17, 15) is 20.1 Å². The average Bonchev–Trinajstić information content (AvgIpc) is 3.19. The van der Waals surface area contributed by atoms with Crippen LogP contribution >= 0.6 is 11.8 Å². The quantitative estimate of drug-likeness (QED) is 0.448. The molecule has 0 saturated carbocycles. The van der Waals surface area contributed by atoms with Crippen molar-refractivity contribution >= 4 is 22.9 Å². The predicted octanol–water partition coefficient (Wildman–Crippen LogP) is 0.0234. The van der Waals surface area contributed by atoms with Crippen LogP contribution in [-0.2, 0) is 10.5 Å². The second-order valence-corrected chi connectivity index (χ2v) is 7.11. The van der Waals surface area contributed by atoms with E-state index in [2.05, 4.69) is 15.0 Å². The molecular formula is C17H18N4O5S. The van der Waals surface area contributed by atoms with Crippen LogP contribution in [0.25, 0.3) is 11.2 Å². The molecule has 1 saturated heterocycles. The standard InChI is InChI=1S/C17H18N4O5S/c22-6-10-12(23)13(24)16(26-10)21-14-11(15(25)19-8-18-14)20-17(21)27-7-9-4-2-1-3-5-9/h1-5,8,10,12-13,16,22-24H,6-7H2,(H,18,19,25)/t10-,12+,13-,16+/m0/s1. The summed E-state index contributed by atoms with van der Waals surface area (Å²) in [5.74, 6) is 0.580. The topological polar surface area (TPSA) is 133 Å². The molecule has 27 heavy (non-hydrogen) atoms. The Balaban J connectivity index is 1.76. The van der Waals surface area contributed by atoms with E-state index in [1.165, 1.54) is 22.7 Å². The van der Waals surface area contributed by atoms with Crippen LogP contribution in [0.15, 0.2) is 46.6 Å². The van der Waals surface area contributed by atoms with Crippen molar-refractivity contribution in [1.29, 1.82) is 0 Å². The molecule has 1 aromatic carbocycles. The summed E-state index contributed by atoms with van der Waals surface area (Å²) in [4.78, 5) is 23.1. The minimum absolute atomic E-state index is 0.116. The number of hydrogen-bond donors (Lipinski definition) is 4. The number of imidazole rings is 1. The first kappa shape index (κ1) is 18.1. The Morgan fingerprint density at radius 2 is 2.00 bits per heavy atom. The second kappa shape index (κ2) is 7.41. The Morgan fingerprint density at radius 1 is 1.22 bits per heavy atom. The number of nitrogens with one attached hydrogen (secondary N) is 1. The molecule has 0 bridgehead atoms. The molecule has 9 nitrogen and oxygen atoms in total. The summed E-state index contributed by atoms with van der Waals surface area (Å²) >= 11 is 1.36. The van der Waals surface area contributed by atoms with E-state index in [1.54, 1.807) is 0 Å². The van der Waals surface area contributed by atoms with Gasteiger partial charge in [-0.3, -0.25) is 9.36 Å². The van der Waals surface area contributed by atoms with Gasteiger partial charge in [0, 0.05) is 5.75 Å². The summed E-state index contributed by atoms with van der Waals surface area (Å²) in [5, 5.41) is 30.3. The highest BCUT2D eigenvalue weighted by Gasteiger charge is 2.45. The molecule has 0 aliphatic carbocycles. The lowest BCUT2D eigenvalue weighted by Gasteiger charge is -2.19. The fraction of sp³-hybridized carbons (Fsp3) is 0.353. The van der Waals surface area contributed by atoms with Gasteiger partial charge in [0.25, 0.3) is 5.56 Å². The molecular weight excluding hydrogens is 372 g/mol. The smallest absolute Gasteiger partial charge is 0.278 e. The van der Waals surface area contributed by atoms with E-state index in [0.29, 0.717) is 10.9 Å². The van der Waals surface area contributed by atoms with Crippen molar-refractivity contribution in [1.82, 2.24) is 19.5 Å². The highest BCUT2D eigenvalue weighted by molar-refractivity contribution is 7.98. The molecule has 1 aliphatic rings. The number of aliphatic hydroxyl groups is 3. The van der Waals surface area contributed by atoms with E-state index >= 15 is 0 Å². The molecule has 0 amide bonds. The zero-order valence-corrected chi connectivity index (χ0v) is 14.9. The molecule has 3 aromatic rings. The maximum absolute atomic E-state index is 12.1. The normalized spacial score (nSPS) is 25.3. The van der Waals surface area contributed by atoms with Crippen molar-refractivity contribution in [3.8, 4) is 0 Å². The first-order chi connectivity index (χ1) is 13.1. The van der Waals surface area contributed by atoms with Gasteiger partial charge < -0.3 is 25.0 Å². The predicted molar refractivity (Wildman–Crippen MR) is 97.2 cm³/mol. The average molecular weight is 390 g/mol. The van der Waals surface area contributed by atoms with Gasteiger partial charge in [0.1, 0.15) is 18.3 Å². The van der Waals surface area contributed by atoms with E-state index in [4.69, 9.17) is 4.74 Å². The Hall–Kier alpha value is -2.24. The maximum Gasteiger partial charge on any atom is 0.278 e. The number of aliphatic hydroxyl groups excluding tert-OH is 3. The van der Waals surface area contributed by atoms with Crippen LogP contribution in [0.2, 0.25) is 0 Å². The summed E-state index contributed by atoms with van der Waals surface area (Å²) in [7, 11) is 0. The van der Waals surface area contributed by atoms with E-state index in [0.717, 1.165) is 5.56 Å². The van der Waals surface area contributed by atoms with Gasteiger partial charge >= 0.3 is 0 Å². The lowest BCUT2D eigenvalue weighted by molar-refractivity contribution is -0.0548. The maximum atomic E-state index is 12.1. The molecule has 0 radical (unpaired) electrons. The Kier molecular flexibility index (Phi) is 4.98. The summed E-state index contributed by atoms with van der Waals surface area (Å²) in [5.41, 5.74) is 1.01. The van der Waals surface area contributed by atoms with Gasteiger partial charge in [0.15, 0.2) is 22.5 Å². The monoisotopic (exact) mass is 390 g/mol. The van der Waals surface area contributed by atoms with Gasteiger partial charge in [0.05, 0.1) is 12.9 Å². The molecule has 142 valence electrons. The van der Waals surface area contributed by atoms with Crippen molar-refractivity contribution in [2.75, 3.05) is 6.61 Å². The van der Waals surface area contributed by atoms with E-state index in [-0.39, 0.29) is 11.2 Å². The summed E-state index contributed by atoms with van der Waals surface area (Å²) in [6, 6.07) is 9.72. The number of hydrogen-bond acceptors (Lipinski definition) is 8. The number of H-pyrrole nitrogens is 1. The highest BCUT2D eigenvalue weighted by atomic mass is 32.2. The lowest BCUT2D eigenvalue weighted by atomic mass is 10.1. The first-order valence-electron chi connectivity index (χ1n) is 8.35. The van der Waals surface area contributed by atoms with E-state index < -0.39 is 36.7 Å². The zero-order chi connectivity index (χ0) is 19.0. The third-order valence-corrected chi connectivity index (χ3v) is 5.46. The van der Waals surface area contributed by atoms with Gasteiger partial charge in [-0.05, 0) is 5.56 Å². The summed E-state index contributed by atoms with van der Waals surface area (Å²) < 4.78 is 7.13. The third-order valence-electron chi connectivity index (χ3n) is 4.43. The number of thioether (sulfide) groups is 1. The molecule has 0 unspecified atom stereocenters. The Labute approximate surface area is 157 Å². The number of benzene rings is 1. The van der Waals surface area contributed by atoms with E-state index in [1.807, 2.05) is 30.3 Å². The molecule has 4 N–H and O–H groups in total. The number of aromatic amines is 1. The minimum atomic E-state index is -1.29. The first-order valence-corrected chi connectivity index (χ1v) is 9.33. The van der Waals surface area contributed by atoms with Crippen LogP contribution in [0.4, 0.5) is 0 Å². The van der Waals surface area contributed by atoms with Gasteiger partial charge in [-0.25, -0.2) is 9.97 Å². The highest BCUT2D eigenvalue weighted by Crippen LogP contribution is 2.35. The van der Waals surface area contributed by atoms with Crippen molar-refractivity contribution in [3.05, 3.63) is 52.6 Å². The fourth-order valence-electron chi connectivity index (χ4n) is 3.05. The molecule has 4 rings (SSSR count). The summed E-state index contributed by atoms with van der Waals surface area (Å²) in [6.45, 7) is -0.443. The van der Waals surface area contributed by atoms with Crippen LogP contribution in [0.3, 0.4) is 0 Å². The molecule has 0 spiro atoms. The summed E-state index contributed by atoms with van der Waals surface area (Å²) in [6.07, 6.45) is -3.26. The minimum Gasteiger partial charge on any atom is -0.394 e. The van der Waals surface area contributed by atoms with Crippen molar-refractivity contribution in [2.45, 2.75) is 35.4 Å². The van der Waals surface area contributed by atoms with Crippen molar-refractivity contribution in [2.24, 2.45) is 0 Å². The molecule has 10 heteroatoms. The molecule has 2 aromatic heterocycles. The number of ether oxygens (including phenoxy) is 1. The molecule has 3 heterocycles. The number of rotatable bonds is 5. The molecule has 4 atom stereocenters. The second-order valence-electron chi connectivity index (χ2n) is 6.17. The SMILES string of the molecule is O=c1[nH]cnc2c1nc(SCc1ccccc1)n2[C@@H]1O[C@@H](CO)[C@@H](O)[C@@H]1O. The van der Waals surface area contributed by atoms with Gasteiger partial charge in [-0.1, -0.05) is 42.1 Å². The Morgan fingerprint density at radius 3 is 2.70 bits per heavy atom. The van der Waals surface area contributed by atoms with Gasteiger partial charge in [-0.2, -0.15) is 0 Å². The van der Waals surface area contributed by atoms with Gasteiger partial charge in [-0.15, -0.1) is 0 Å². The number of aromatic nitrogens is 4. The van der Waals surface area contributed by atoms with Crippen LogP contribution < -0.4 is 5.56 Å². The lowest BCUT2D eigenvalue weighted by Crippen LogP contribution is -2.33.